The summed E-state index contributed by atoms with van der Waals surface area (Å²) in [4.78, 5) is 11.6. The highest BCUT2D eigenvalue weighted by Gasteiger charge is 2.13. The summed E-state index contributed by atoms with van der Waals surface area (Å²) in [5.74, 6) is -0.259. The maximum absolute atomic E-state index is 11.6. The molecule has 0 aromatic heterocycles. The molecule has 0 saturated heterocycles. The maximum Gasteiger partial charge on any atom is 0.220 e. The van der Waals surface area contributed by atoms with Crippen molar-refractivity contribution in [3.05, 3.63) is 29.8 Å². The number of carbonyl (C=O) groups excluding carboxylic acids is 1. The van der Waals surface area contributed by atoms with Crippen molar-refractivity contribution in [1.29, 1.82) is 0 Å². The van der Waals surface area contributed by atoms with Crippen LogP contribution in [0.5, 0.6) is 0 Å². The van der Waals surface area contributed by atoms with Gasteiger partial charge in [0, 0.05) is 32.7 Å². The number of nitrogens with zero attached hydrogens (tertiary/aromatic N) is 1. The Kier molecular flexibility index (Phi) is 5.97. The standard InChI is InChI=1S/C13H21N3O3S/c1-16(2)20(18,19)9-8-15-13(17)7-6-11-4-3-5-12(14)10-11/h3-5,10H,6-9,14H2,1-2H3,(H,15,17). The highest BCUT2D eigenvalue weighted by molar-refractivity contribution is 7.89. The number of aryl methyl sites for hydroxylation is 1. The van der Waals surface area contributed by atoms with Crippen LogP contribution in [0.25, 0.3) is 0 Å². The van der Waals surface area contributed by atoms with Crippen LogP contribution in [0.15, 0.2) is 24.3 Å². The van der Waals surface area contributed by atoms with Crippen molar-refractivity contribution >= 4 is 21.6 Å². The van der Waals surface area contributed by atoms with Crippen molar-refractivity contribution < 1.29 is 13.2 Å². The summed E-state index contributed by atoms with van der Waals surface area (Å²) < 4.78 is 24.1. The third kappa shape index (κ3) is 5.58. The van der Waals surface area contributed by atoms with Gasteiger partial charge in [-0.05, 0) is 24.1 Å². The number of anilines is 1. The molecule has 112 valence electrons. The third-order valence-corrected chi connectivity index (χ3v) is 4.66. The second-order valence-corrected chi connectivity index (χ2v) is 7.00. The Morgan fingerprint density at radius 1 is 1.35 bits per heavy atom. The fourth-order valence-electron chi connectivity index (χ4n) is 1.60. The summed E-state index contributed by atoms with van der Waals surface area (Å²) in [5.41, 5.74) is 7.30. The van der Waals surface area contributed by atoms with Gasteiger partial charge in [-0.25, -0.2) is 12.7 Å². The minimum absolute atomic E-state index is 0.0932. The van der Waals surface area contributed by atoms with Crippen LogP contribution in [0.3, 0.4) is 0 Å². The quantitative estimate of drug-likeness (QED) is 0.704. The van der Waals surface area contributed by atoms with E-state index in [1.807, 2.05) is 18.2 Å². The molecule has 0 spiro atoms. The van der Waals surface area contributed by atoms with Gasteiger partial charge < -0.3 is 11.1 Å². The highest BCUT2D eigenvalue weighted by Crippen LogP contribution is 2.08. The van der Waals surface area contributed by atoms with E-state index in [9.17, 15) is 13.2 Å². The van der Waals surface area contributed by atoms with Gasteiger partial charge in [0.15, 0.2) is 0 Å². The zero-order chi connectivity index (χ0) is 15.2. The molecule has 0 radical (unpaired) electrons. The number of hydrogen-bond acceptors (Lipinski definition) is 4. The zero-order valence-corrected chi connectivity index (χ0v) is 12.6. The predicted molar refractivity (Wildman–Crippen MR) is 79.7 cm³/mol. The first-order chi connectivity index (χ1) is 9.31. The van der Waals surface area contributed by atoms with Crippen molar-refractivity contribution in [2.45, 2.75) is 12.8 Å². The average molecular weight is 299 g/mol. The van der Waals surface area contributed by atoms with Gasteiger partial charge in [0.2, 0.25) is 15.9 Å². The molecule has 20 heavy (non-hydrogen) atoms. The molecule has 0 heterocycles. The number of carbonyl (C=O) groups is 1. The molecule has 0 saturated carbocycles. The van der Waals surface area contributed by atoms with E-state index in [4.69, 9.17) is 5.73 Å². The van der Waals surface area contributed by atoms with Crippen LogP contribution < -0.4 is 11.1 Å². The number of amides is 1. The zero-order valence-electron chi connectivity index (χ0n) is 11.8. The number of nitrogens with two attached hydrogens (primary N) is 1. The Hall–Kier alpha value is -1.60. The lowest BCUT2D eigenvalue weighted by Gasteiger charge is -2.11. The van der Waals surface area contributed by atoms with Crippen LogP contribution >= 0.6 is 0 Å². The number of rotatable bonds is 7. The first-order valence-electron chi connectivity index (χ1n) is 6.32. The fraction of sp³-hybridized carbons (Fsp3) is 0.462. The minimum Gasteiger partial charge on any atom is -0.399 e. The first-order valence-corrected chi connectivity index (χ1v) is 7.93. The topological polar surface area (TPSA) is 92.5 Å². The van der Waals surface area contributed by atoms with Gasteiger partial charge in [-0.3, -0.25) is 4.79 Å². The monoisotopic (exact) mass is 299 g/mol. The lowest BCUT2D eigenvalue weighted by Crippen LogP contribution is -2.33. The molecule has 1 aromatic carbocycles. The average Bonchev–Trinajstić information content (AvgIpc) is 2.36. The SMILES string of the molecule is CN(C)S(=O)(=O)CCNC(=O)CCc1cccc(N)c1. The number of benzene rings is 1. The summed E-state index contributed by atoms with van der Waals surface area (Å²) in [6.45, 7) is 0.121. The summed E-state index contributed by atoms with van der Waals surface area (Å²) in [5, 5.41) is 2.60. The van der Waals surface area contributed by atoms with E-state index in [2.05, 4.69) is 5.32 Å². The largest absolute Gasteiger partial charge is 0.399 e. The van der Waals surface area contributed by atoms with Crippen molar-refractivity contribution in [2.24, 2.45) is 0 Å². The van der Waals surface area contributed by atoms with Gasteiger partial charge >= 0.3 is 0 Å². The summed E-state index contributed by atoms with van der Waals surface area (Å²) in [7, 11) is -0.326. The number of hydrogen-bond donors (Lipinski definition) is 2. The third-order valence-electron chi connectivity index (χ3n) is 2.83. The molecule has 7 heteroatoms. The fourth-order valence-corrected chi connectivity index (χ4v) is 2.32. The predicted octanol–water partition coefficient (Wildman–Crippen LogP) is 0.209. The molecule has 1 amide bonds. The van der Waals surface area contributed by atoms with E-state index >= 15 is 0 Å². The second-order valence-electron chi connectivity index (χ2n) is 4.69. The first kappa shape index (κ1) is 16.5. The Morgan fingerprint density at radius 2 is 2.05 bits per heavy atom. The molecule has 6 nitrogen and oxygen atoms in total. The van der Waals surface area contributed by atoms with Crippen LogP contribution in [0.4, 0.5) is 5.69 Å². The molecule has 1 aromatic rings. The van der Waals surface area contributed by atoms with Crippen LogP contribution in [0.1, 0.15) is 12.0 Å². The molecule has 0 aliphatic carbocycles. The summed E-state index contributed by atoms with van der Waals surface area (Å²) in [6.07, 6.45) is 0.892. The minimum atomic E-state index is -3.26. The molecule has 1 rings (SSSR count). The lowest BCUT2D eigenvalue weighted by atomic mass is 10.1. The van der Waals surface area contributed by atoms with Crippen molar-refractivity contribution in [3.8, 4) is 0 Å². The number of sulfonamides is 1. The normalized spacial score (nSPS) is 11.6. The van der Waals surface area contributed by atoms with Crippen LogP contribution in [0.2, 0.25) is 0 Å². The molecule has 0 bridgehead atoms. The van der Waals surface area contributed by atoms with Gasteiger partial charge in [0.05, 0.1) is 5.75 Å². The molecule has 0 atom stereocenters. The maximum atomic E-state index is 11.6. The molecule has 0 aliphatic rings. The van der Waals surface area contributed by atoms with E-state index < -0.39 is 10.0 Å². The Bertz CT molecular complexity index is 556. The number of nitrogens with one attached hydrogen (secondary N) is 1. The van der Waals surface area contributed by atoms with E-state index in [1.54, 1.807) is 6.07 Å². The Balaban J connectivity index is 2.31. The van der Waals surface area contributed by atoms with Crippen LogP contribution in [-0.4, -0.2) is 45.0 Å². The van der Waals surface area contributed by atoms with E-state index in [0.717, 1.165) is 9.87 Å². The second kappa shape index (κ2) is 7.25. The van der Waals surface area contributed by atoms with Crippen LogP contribution in [0, 0.1) is 0 Å². The van der Waals surface area contributed by atoms with Crippen LogP contribution in [-0.2, 0) is 21.2 Å². The van der Waals surface area contributed by atoms with Gasteiger partial charge in [0.25, 0.3) is 0 Å². The lowest BCUT2D eigenvalue weighted by molar-refractivity contribution is -0.120. The van der Waals surface area contributed by atoms with Gasteiger partial charge in [-0.1, -0.05) is 12.1 Å². The molecule has 0 aliphatic heterocycles. The summed E-state index contributed by atoms with van der Waals surface area (Å²) >= 11 is 0. The Morgan fingerprint density at radius 3 is 2.65 bits per heavy atom. The van der Waals surface area contributed by atoms with E-state index in [1.165, 1.54) is 14.1 Å². The van der Waals surface area contributed by atoms with Gasteiger partial charge in [0.1, 0.15) is 0 Å². The van der Waals surface area contributed by atoms with E-state index in [0.29, 0.717) is 18.5 Å². The molecule has 0 fully saturated rings. The van der Waals surface area contributed by atoms with Crippen molar-refractivity contribution in [2.75, 3.05) is 32.1 Å². The smallest absolute Gasteiger partial charge is 0.220 e. The van der Waals surface area contributed by atoms with Gasteiger partial charge in [-0.2, -0.15) is 0 Å². The Labute approximate surface area is 120 Å². The van der Waals surface area contributed by atoms with Crippen molar-refractivity contribution in [1.82, 2.24) is 9.62 Å². The number of nitrogen functional groups attached to an aromatic ring is 1. The van der Waals surface area contributed by atoms with Crippen molar-refractivity contribution in [3.63, 3.8) is 0 Å². The molecular formula is C13H21N3O3S. The summed E-state index contributed by atoms with van der Waals surface area (Å²) in [6, 6.07) is 7.35. The molecular weight excluding hydrogens is 278 g/mol. The van der Waals surface area contributed by atoms with Gasteiger partial charge in [-0.15, -0.1) is 0 Å². The highest BCUT2D eigenvalue weighted by atomic mass is 32.2. The molecule has 3 N–H and O–H groups in total. The van der Waals surface area contributed by atoms with E-state index in [-0.39, 0.29) is 18.2 Å². The molecule has 0 unspecified atom stereocenters.